The van der Waals surface area contributed by atoms with Gasteiger partial charge in [0, 0.05) is 24.3 Å². The summed E-state index contributed by atoms with van der Waals surface area (Å²) in [6.07, 6.45) is 0.952. The highest BCUT2D eigenvalue weighted by atomic mass is 16.7. The van der Waals surface area contributed by atoms with Crippen molar-refractivity contribution in [3.05, 3.63) is 17.7 Å². The fraction of sp³-hybridized carbons (Fsp3) is 0.500. The third kappa shape index (κ3) is 2.39. The number of benzene rings is 1. The van der Waals surface area contributed by atoms with Crippen LogP contribution in [0.5, 0.6) is 11.5 Å². The van der Waals surface area contributed by atoms with Crippen LogP contribution in [0.1, 0.15) is 18.9 Å². The third-order valence-corrected chi connectivity index (χ3v) is 2.63. The number of hydrogen-bond acceptors (Lipinski definition) is 4. The molecule has 0 spiro atoms. The number of anilines is 1. The Bertz CT molecular complexity index is 378. The van der Waals surface area contributed by atoms with Crippen molar-refractivity contribution in [2.24, 2.45) is 5.73 Å². The molecule has 0 bridgehead atoms. The van der Waals surface area contributed by atoms with E-state index >= 15 is 0 Å². The molecule has 4 nitrogen and oxygen atoms in total. The standard InChI is InChI=1S/C12H18N2O2/c1-8-5-11-12(16-7-15-11)6-10(8)14-4-3-9(2)13/h5-6,9,14H,3-4,7,13H2,1-2H3. The largest absolute Gasteiger partial charge is 0.454 e. The lowest BCUT2D eigenvalue weighted by atomic mass is 10.1. The molecule has 0 saturated heterocycles. The predicted octanol–water partition coefficient (Wildman–Crippen LogP) is 1.87. The first-order chi connectivity index (χ1) is 7.66. The van der Waals surface area contributed by atoms with E-state index in [0.717, 1.165) is 35.7 Å². The van der Waals surface area contributed by atoms with Gasteiger partial charge in [-0.25, -0.2) is 0 Å². The molecule has 1 heterocycles. The summed E-state index contributed by atoms with van der Waals surface area (Å²) >= 11 is 0. The lowest BCUT2D eigenvalue weighted by molar-refractivity contribution is 0.174. The highest BCUT2D eigenvalue weighted by Crippen LogP contribution is 2.36. The third-order valence-electron chi connectivity index (χ3n) is 2.63. The molecule has 88 valence electrons. The van der Waals surface area contributed by atoms with Gasteiger partial charge in [-0.05, 0) is 31.9 Å². The Morgan fingerprint density at radius 1 is 1.38 bits per heavy atom. The average molecular weight is 222 g/mol. The van der Waals surface area contributed by atoms with Gasteiger partial charge in [-0.2, -0.15) is 0 Å². The molecule has 3 N–H and O–H groups in total. The van der Waals surface area contributed by atoms with E-state index in [2.05, 4.69) is 12.2 Å². The number of fused-ring (bicyclic) bond motifs is 1. The van der Waals surface area contributed by atoms with Crippen molar-refractivity contribution in [2.75, 3.05) is 18.7 Å². The van der Waals surface area contributed by atoms with Crippen molar-refractivity contribution < 1.29 is 9.47 Å². The van der Waals surface area contributed by atoms with Gasteiger partial charge in [0.05, 0.1) is 0 Å². The molecule has 2 rings (SSSR count). The summed E-state index contributed by atoms with van der Waals surface area (Å²) < 4.78 is 10.6. The van der Waals surface area contributed by atoms with Crippen molar-refractivity contribution in [1.29, 1.82) is 0 Å². The molecule has 1 aliphatic rings. The van der Waals surface area contributed by atoms with Crippen molar-refractivity contribution in [3.8, 4) is 11.5 Å². The van der Waals surface area contributed by atoms with Crippen LogP contribution >= 0.6 is 0 Å². The van der Waals surface area contributed by atoms with Crippen LogP contribution in [0.3, 0.4) is 0 Å². The Morgan fingerprint density at radius 3 is 2.75 bits per heavy atom. The topological polar surface area (TPSA) is 56.5 Å². The van der Waals surface area contributed by atoms with E-state index in [1.54, 1.807) is 0 Å². The molecular formula is C12H18N2O2. The second-order valence-electron chi connectivity index (χ2n) is 4.21. The zero-order valence-electron chi connectivity index (χ0n) is 9.75. The molecule has 0 fully saturated rings. The molecule has 1 atom stereocenters. The van der Waals surface area contributed by atoms with E-state index in [4.69, 9.17) is 15.2 Å². The number of nitrogens with one attached hydrogen (secondary N) is 1. The van der Waals surface area contributed by atoms with E-state index < -0.39 is 0 Å². The Hall–Kier alpha value is -1.42. The van der Waals surface area contributed by atoms with Crippen molar-refractivity contribution in [3.63, 3.8) is 0 Å². The fourth-order valence-corrected chi connectivity index (χ4v) is 1.67. The molecule has 0 amide bonds. The quantitative estimate of drug-likeness (QED) is 0.816. The van der Waals surface area contributed by atoms with Gasteiger partial charge in [-0.1, -0.05) is 0 Å². The molecule has 0 radical (unpaired) electrons. The summed E-state index contributed by atoms with van der Waals surface area (Å²) in [4.78, 5) is 0. The van der Waals surface area contributed by atoms with E-state index in [-0.39, 0.29) is 6.04 Å². The summed E-state index contributed by atoms with van der Waals surface area (Å²) in [6.45, 7) is 5.25. The van der Waals surface area contributed by atoms with Crippen LogP contribution < -0.4 is 20.5 Å². The van der Waals surface area contributed by atoms with Gasteiger partial charge in [0.1, 0.15) is 0 Å². The first-order valence-electron chi connectivity index (χ1n) is 5.56. The fourth-order valence-electron chi connectivity index (χ4n) is 1.67. The first kappa shape index (κ1) is 11.1. The van der Waals surface area contributed by atoms with E-state index in [1.165, 1.54) is 0 Å². The summed E-state index contributed by atoms with van der Waals surface area (Å²) in [6, 6.07) is 4.21. The molecular weight excluding hydrogens is 204 g/mol. The maximum atomic E-state index is 5.70. The molecule has 1 unspecified atom stereocenters. The normalized spacial score (nSPS) is 14.9. The van der Waals surface area contributed by atoms with Gasteiger partial charge < -0.3 is 20.5 Å². The lowest BCUT2D eigenvalue weighted by Gasteiger charge is -2.11. The maximum Gasteiger partial charge on any atom is 0.231 e. The van der Waals surface area contributed by atoms with Crippen LogP contribution in [-0.4, -0.2) is 19.4 Å². The van der Waals surface area contributed by atoms with Crippen molar-refractivity contribution in [1.82, 2.24) is 0 Å². The summed E-state index contributed by atoms with van der Waals surface area (Å²) in [5.74, 6) is 1.64. The molecule has 1 aliphatic heterocycles. The zero-order valence-corrected chi connectivity index (χ0v) is 9.75. The summed E-state index contributed by atoms with van der Waals surface area (Å²) in [5, 5.41) is 3.36. The van der Waals surface area contributed by atoms with Crippen LogP contribution in [0.2, 0.25) is 0 Å². The predicted molar refractivity (Wildman–Crippen MR) is 64.1 cm³/mol. The lowest BCUT2D eigenvalue weighted by Crippen LogP contribution is -2.19. The Balaban J connectivity index is 2.04. The van der Waals surface area contributed by atoms with Crippen LogP contribution in [0.4, 0.5) is 5.69 Å². The Morgan fingerprint density at radius 2 is 2.06 bits per heavy atom. The highest BCUT2D eigenvalue weighted by Gasteiger charge is 2.15. The SMILES string of the molecule is Cc1cc2c(cc1NCCC(C)N)OCO2. The highest BCUT2D eigenvalue weighted by molar-refractivity contribution is 5.60. The van der Waals surface area contributed by atoms with Crippen LogP contribution in [0.25, 0.3) is 0 Å². The van der Waals surface area contributed by atoms with Gasteiger partial charge in [0.25, 0.3) is 0 Å². The summed E-state index contributed by atoms with van der Waals surface area (Å²) in [7, 11) is 0. The van der Waals surface area contributed by atoms with Gasteiger partial charge in [0.2, 0.25) is 6.79 Å². The first-order valence-corrected chi connectivity index (χ1v) is 5.56. The van der Waals surface area contributed by atoms with Gasteiger partial charge in [-0.3, -0.25) is 0 Å². The molecule has 0 aromatic heterocycles. The molecule has 16 heavy (non-hydrogen) atoms. The molecule has 0 aliphatic carbocycles. The number of nitrogens with two attached hydrogens (primary N) is 1. The Labute approximate surface area is 95.7 Å². The second kappa shape index (κ2) is 4.61. The summed E-state index contributed by atoms with van der Waals surface area (Å²) in [5.41, 5.74) is 7.95. The number of aryl methyl sites for hydroxylation is 1. The van der Waals surface area contributed by atoms with Gasteiger partial charge in [0.15, 0.2) is 11.5 Å². The van der Waals surface area contributed by atoms with Crippen LogP contribution in [0.15, 0.2) is 12.1 Å². The Kier molecular flexibility index (Phi) is 3.19. The van der Waals surface area contributed by atoms with Gasteiger partial charge in [-0.15, -0.1) is 0 Å². The van der Waals surface area contributed by atoms with Crippen molar-refractivity contribution in [2.45, 2.75) is 26.3 Å². The number of rotatable bonds is 4. The second-order valence-corrected chi connectivity index (χ2v) is 4.21. The van der Waals surface area contributed by atoms with Crippen LogP contribution in [-0.2, 0) is 0 Å². The number of hydrogen-bond donors (Lipinski definition) is 2. The van der Waals surface area contributed by atoms with E-state index in [1.807, 2.05) is 19.1 Å². The zero-order chi connectivity index (χ0) is 11.5. The van der Waals surface area contributed by atoms with Crippen molar-refractivity contribution >= 4 is 5.69 Å². The number of ether oxygens (including phenoxy) is 2. The maximum absolute atomic E-state index is 5.70. The van der Waals surface area contributed by atoms with E-state index in [0.29, 0.717) is 6.79 Å². The molecule has 1 aromatic carbocycles. The van der Waals surface area contributed by atoms with E-state index in [9.17, 15) is 0 Å². The molecule has 0 saturated carbocycles. The monoisotopic (exact) mass is 222 g/mol. The average Bonchev–Trinajstić information content (AvgIpc) is 2.64. The van der Waals surface area contributed by atoms with Crippen LogP contribution in [0, 0.1) is 6.92 Å². The smallest absolute Gasteiger partial charge is 0.231 e. The van der Waals surface area contributed by atoms with Gasteiger partial charge >= 0.3 is 0 Å². The minimum absolute atomic E-state index is 0.224. The molecule has 4 heteroatoms. The molecule has 1 aromatic rings. The minimum Gasteiger partial charge on any atom is -0.454 e. The minimum atomic E-state index is 0.224.